The molecule has 1 saturated carbocycles. The summed E-state index contributed by atoms with van der Waals surface area (Å²) in [6.07, 6.45) is 5.11. The second-order valence-corrected chi connectivity index (χ2v) is 5.61. The molecule has 0 amide bonds. The van der Waals surface area contributed by atoms with Crippen molar-refractivity contribution in [2.45, 2.75) is 44.3 Å². The molecule has 1 aromatic heterocycles. The van der Waals surface area contributed by atoms with Gasteiger partial charge in [-0.05, 0) is 38.0 Å². The van der Waals surface area contributed by atoms with Crippen LogP contribution in [0.25, 0.3) is 5.69 Å². The number of para-hydroxylation sites is 1. The van der Waals surface area contributed by atoms with Gasteiger partial charge >= 0.3 is 0 Å². The Morgan fingerprint density at radius 1 is 1.24 bits per heavy atom. The number of hydrogen-bond acceptors (Lipinski definition) is 3. The lowest BCUT2D eigenvalue weighted by molar-refractivity contribution is -0.120. The Morgan fingerprint density at radius 3 is 2.62 bits per heavy atom. The van der Waals surface area contributed by atoms with E-state index in [0.717, 1.165) is 37.1 Å². The highest BCUT2D eigenvalue weighted by molar-refractivity contribution is 5.33. The van der Waals surface area contributed by atoms with Crippen LogP contribution in [0.3, 0.4) is 0 Å². The molecule has 0 spiro atoms. The second-order valence-electron chi connectivity index (χ2n) is 5.61. The van der Waals surface area contributed by atoms with Crippen LogP contribution in [-0.4, -0.2) is 27.1 Å². The maximum Gasteiger partial charge on any atom is 0.125 e. The van der Waals surface area contributed by atoms with E-state index in [0.29, 0.717) is 6.61 Å². The fourth-order valence-electron chi connectivity index (χ4n) is 3.33. The van der Waals surface area contributed by atoms with Crippen LogP contribution in [0.1, 0.15) is 44.4 Å². The molecule has 3 rings (SSSR count). The summed E-state index contributed by atoms with van der Waals surface area (Å²) < 4.78 is 7.79. The first-order valence-electron chi connectivity index (χ1n) is 7.68. The number of hydrogen-bond donors (Lipinski definition) is 1. The van der Waals surface area contributed by atoms with Crippen LogP contribution in [0.4, 0.5) is 0 Å². The normalized spacial score (nSPS) is 18.8. The van der Waals surface area contributed by atoms with Crippen LogP contribution in [0.2, 0.25) is 0 Å². The zero-order valence-corrected chi connectivity index (χ0v) is 12.4. The lowest BCUT2D eigenvalue weighted by Gasteiger charge is -2.34. The Bertz CT molecular complexity index is 573. The lowest BCUT2D eigenvalue weighted by Crippen LogP contribution is -2.37. The third-order valence-electron chi connectivity index (χ3n) is 4.33. The van der Waals surface area contributed by atoms with Crippen molar-refractivity contribution in [2.24, 2.45) is 0 Å². The Kier molecular flexibility index (Phi) is 4.08. The Labute approximate surface area is 125 Å². The molecule has 1 heterocycles. The highest BCUT2D eigenvalue weighted by atomic mass is 16.5. The van der Waals surface area contributed by atoms with E-state index < -0.39 is 11.7 Å². The molecule has 1 aromatic carbocycles. The molecule has 1 N–H and O–H groups in total. The molecule has 0 aliphatic heterocycles. The molecule has 21 heavy (non-hydrogen) atoms. The molecule has 1 atom stereocenters. The predicted octanol–water partition coefficient (Wildman–Crippen LogP) is 3.26. The zero-order chi connectivity index (χ0) is 14.7. The summed E-state index contributed by atoms with van der Waals surface area (Å²) >= 11 is 0. The van der Waals surface area contributed by atoms with Gasteiger partial charge in [0.2, 0.25) is 0 Å². The second kappa shape index (κ2) is 6.00. The van der Waals surface area contributed by atoms with E-state index in [1.165, 1.54) is 0 Å². The SMILES string of the molecule is CCOC1(C(O)c2ccnn2-c2ccccc2)CCCC1. The number of benzene rings is 1. The minimum atomic E-state index is -0.650. The summed E-state index contributed by atoms with van der Waals surface area (Å²) in [4.78, 5) is 0. The molecule has 1 unspecified atom stereocenters. The van der Waals surface area contributed by atoms with Gasteiger partial charge in [-0.2, -0.15) is 5.10 Å². The minimum absolute atomic E-state index is 0.457. The minimum Gasteiger partial charge on any atom is -0.384 e. The molecule has 0 saturated heterocycles. The largest absolute Gasteiger partial charge is 0.384 e. The van der Waals surface area contributed by atoms with Gasteiger partial charge in [0.15, 0.2) is 0 Å². The molecule has 0 bridgehead atoms. The topological polar surface area (TPSA) is 47.3 Å². The number of aliphatic hydroxyl groups is 1. The molecule has 1 aliphatic carbocycles. The lowest BCUT2D eigenvalue weighted by atomic mass is 9.92. The average molecular weight is 286 g/mol. The maximum atomic E-state index is 10.9. The van der Waals surface area contributed by atoms with E-state index in [4.69, 9.17) is 4.74 Å². The number of rotatable bonds is 5. The van der Waals surface area contributed by atoms with Crippen LogP contribution >= 0.6 is 0 Å². The molecule has 0 radical (unpaired) electrons. The van der Waals surface area contributed by atoms with Crippen molar-refractivity contribution in [3.8, 4) is 5.69 Å². The van der Waals surface area contributed by atoms with Crippen LogP contribution in [0.15, 0.2) is 42.6 Å². The summed E-state index contributed by atoms with van der Waals surface area (Å²) in [5.74, 6) is 0. The van der Waals surface area contributed by atoms with Crippen molar-refractivity contribution in [3.05, 3.63) is 48.3 Å². The summed E-state index contributed by atoms with van der Waals surface area (Å²) in [6.45, 7) is 2.61. The van der Waals surface area contributed by atoms with Gasteiger partial charge in [-0.3, -0.25) is 0 Å². The van der Waals surface area contributed by atoms with E-state index in [1.54, 1.807) is 6.20 Å². The maximum absolute atomic E-state index is 10.9. The van der Waals surface area contributed by atoms with Crippen molar-refractivity contribution < 1.29 is 9.84 Å². The Hall–Kier alpha value is -1.65. The van der Waals surface area contributed by atoms with E-state index in [1.807, 2.05) is 48.0 Å². The molecule has 4 heteroatoms. The van der Waals surface area contributed by atoms with Crippen molar-refractivity contribution in [3.63, 3.8) is 0 Å². The van der Waals surface area contributed by atoms with Gasteiger partial charge in [-0.25, -0.2) is 4.68 Å². The quantitative estimate of drug-likeness (QED) is 0.917. The summed E-state index contributed by atoms with van der Waals surface area (Å²) in [6, 6.07) is 11.8. The molecule has 1 fully saturated rings. The number of nitrogens with zero attached hydrogens (tertiary/aromatic N) is 2. The van der Waals surface area contributed by atoms with Gasteiger partial charge in [-0.1, -0.05) is 31.0 Å². The fraction of sp³-hybridized carbons (Fsp3) is 0.471. The number of ether oxygens (including phenoxy) is 1. The van der Waals surface area contributed by atoms with Gasteiger partial charge in [-0.15, -0.1) is 0 Å². The van der Waals surface area contributed by atoms with Crippen molar-refractivity contribution in [1.29, 1.82) is 0 Å². The first kappa shape index (κ1) is 14.3. The first-order valence-corrected chi connectivity index (χ1v) is 7.68. The Morgan fingerprint density at radius 2 is 1.95 bits per heavy atom. The van der Waals surface area contributed by atoms with E-state index >= 15 is 0 Å². The monoisotopic (exact) mass is 286 g/mol. The van der Waals surface area contributed by atoms with Crippen LogP contribution in [0, 0.1) is 0 Å². The zero-order valence-electron chi connectivity index (χ0n) is 12.4. The molecule has 4 nitrogen and oxygen atoms in total. The average Bonchev–Trinajstić information content (AvgIpc) is 3.17. The van der Waals surface area contributed by atoms with Crippen LogP contribution < -0.4 is 0 Å². The van der Waals surface area contributed by atoms with E-state index in [2.05, 4.69) is 5.10 Å². The Balaban J connectivity index is 1.95. The van der Waals surface area contributed by atoms with Gasteiger partial charge in [0, 0.05) is 12.8 Å². The van der Waals surface area contributed by atoms with Gasteiger partial charge in [0.25, 0.3) is 0 Å². The van der Waals surface area contributed by atoms with Crippen molar-refractivity contribution in [1.82, 2.24) is 9.78 Å². The molecule has 112 valence electrons. The van der Waals surface area contributed by atoms with Crippen molar-refractivity contribution in [2.75, 3.05) is 6.61 Å². The van der Waals surface area contributed by atoms with Gasteiger partial charge in [0.05, 0.1) is 17.0 Å². The third kappa shape index (κ3) is 2.61. The van der Waals surface area contributed by atoms with Gasteiger partial charge in [0.1, 0.15) is 6.10 Å². The van der Waals surface area contributed by atoms with Crippen LogP contribution in [-0.2, 0) is 4.74 Å². The van der Waals surface area contributed by atoms with E-state index in [-0.39, 0.29) is 0 Å². The highest BCUT2D eigenvalue weighted by Gasteiger charge is 2.43. The van der Waals surface area contributed by atoms with Crippen molar-refractivity contribution >= 4 is 0 Å². The van der Waals surface area contributed by atoms with Crippen LogP contribution in [0.5, 0.6) is 0 Å². The standard InChI is InChI=1S/C17H22N2O2/c1-2-21-17(11-6-7-12-17)16(20)15-10-13-18-19(15)14-8-4-3-5-9-14/h3-5,8-10,13,16,20H,2,6-7,11-12H2,1H3. The molecular formula is C17H22N2O2. The van der Waals surface area contributed by atoms with E-state index in [9.17, 15) is 5.11 Å². The molecule has 1 aliphatic rings. The smallest absolute Gasteiger partial charge is 0.125 e. The predicted molar refractivity (Wildman–Crippen MR) is 81.3 cm³/mol. The third-order valence-corrected chi connectivity index (χ3v) is 4.33. The fourth-order valence-corrected chi connectivity index (χ4v) is 3.33. The first-order chi connectivity index (χ1) is 10.3. The molecule has 2 aromatic rings. The number of aromatic nitrogens is 2. The molecular weight excluding hydrogens is 264 g/mol. The summed E-state index contributed by atoms with van der Waals surface area (Å²) in [5.41, 5.74) is 1.30. The summed E-state index contributed by atoms with van der Waals surface area (Å²) in [7, 11) is 0. The number of aliphatic hydroxyl groups excluding tert-OH is 1. The van der Waals surface area contributed by atoms with Gasteiger partial charge < -0.3 is 9.84 Å². The highest BCUT2D eigenvalue weighted by Crippen LogP contribution is 2.43. The summed E-state index contributed by atoms with van der Waals surface area (Å²) in [5, 5.41) is 15.3.